The maximum Gasteiger partial charge on any atom is 0.130 e. The quantitative estimate of drug-likeness (QED) is 0.577. The van der Waals surface area contributed by atoms with Crippen LogP contribution in [0.15, 0.2) is 60.7 Å². The molecule has 0 aliphatic carbocycles. The predicted molar refractivity (Wildman–Crippen MR) is 80.0 cm³/mol. The second-order valence-corrected chi connectivity index (χ2v) is 4.81. The van der Waals surface area contributed by atoms with Crippen LogP contribution in [0.1, 0.15) is 5.56 Å². The lowest BCUT2D eigenvalue weighted by atomic mass is 10.1. The minimum absolute atomic E-state index is 0.256. The van der Waals surface area contributed by atoms with Crippen molar-refractivity contribution in [3.8, 4) is 11.5 Å². The van der Waals surface area contributed by atoms with Gasteiger partial charge in [-0.2, -0.15) is 0 Å². The van der Waals surface area contributed by atoms with Crippen molar-refractivity contribution in [2.75, 3.05) is 0 Å². The first kappa shape index (κ1) is 12.9. The maximum absolute atomic E-state index is 13.4. The summed E-state index contributed by atoms with van der Waals surface area (Å²) in [5.41, 5.74) is 0.697. The number of alkyl halides is 1. The lowest BCUT2D eigenvalue weighted by Gasteiger charge is -2.08. The molecule has 0 atom stereocenters. The monoisotopic (exact) mass is 286 g/mol. The molecule has 20 heavy (non-hydrogen) atoms. The summed E-state index contributed by atoms with van der Waals surface area (Å²) in [6.45, 7) is 0. The van der Waals surface area contributed by atoms with E-state index >= 15 is 0 Å². The number of halogens is 2. The van der Waals surface area contributed by atoms with Gasteiger partial charge in [0.15, 0.2) is 0 Å². The van der Waals surface area contributed by atoms with Crippen LogP contribution in [0.4, 0.5) is 4.39 Å². The molecule has 0 N–H and O–H groups in total. The Balaban J connectivity index is 1.94. The van der Waals surface area contributed by atoms with Crippen molar-refractivity contribution < 1.29 is 9.13 Å². The number of rotatable bonds is 3. The molecule has 100 valence electrons. The smallest absolute Gasteiger partial charge is 0.130 e. The summed E-state index contributed by atoms with van der Waals surface area (Å²) in [5, 5.41) is 2.22. The predicted octanol–water partition coefficient (Wildman–Crippen LogP) is 5.51. The number of hydrogen-bond donors (Lipinski definition) is 0. The van der Waals surface area contributed by atoms with Crippen LogP contribution in [0.2, 0.25) is 0 Å². The summed E-state index contributed by atoms with van der Waals surface area (Å²) in [6, 6.07) is 18.3. The van der Waals surface area contributed by atoms with Gasteiger partial charge < -0.3 is 4.74 Å². The summed E-state index contributed by atoms with van der Waals surface area (Å²) >= 11 is 5.73. The fourth-order valence-electron chi connectivity index (χ4n) is 2.12. The molecule has 0 radical (unpaired) electrons. The van der Waals surface area contributed by atoms with Crippen LogP contribution in [0.5, 0.6) is 11.5 Å². The molecule has 3 heteroatoms. The molecule has 0 aromatic heterocycles. The van der Waals surface area contributed by atoms with Crippen LogP contribution in [0, 0.1) is 5.82 Å². The van der Waals surface area contributed by atoms with Crippen LogP contribution in [-0.2, 0) is 5.88 Å². The molecule has 0 bridgehead atoms. The van der Waals surface area contributed by atoms with Crippen molar-refractivity contribution in [3.05, 3.63) is 72.0 Å². The highest BCUT2D eigenvalue weighted by Gasteiger charge is 2.03. The van der Waals surface area contributed by atoms with E-state index in [4.69, 9.17) is 16.3 Å². The highest BCUT2D eigenvalue weighted by Crippen LogP contribution is 2.27. The number of hydrogen-bond acceptors (Lipinski definition) is 1. The highest BCUT2D eigenvalue weighted by atomic mass is 35.5. The van der Waals surface area contributed by atoms with E-state index in [9.17, 15) is 4.39 Å². The minimum Gasteiger partial charge on any atom is -0.457 e. The van der Waals surface area contributed by atoms with Gasteiger partial charge in [-0.25, -0.2) is 4.39 Å². The molecule has 0 heterocycles. The molecule has 0 aliphatic rings. The molecule has 3 aromatic carbocycles. The molecule has 0 saturated carbocycles. The van der Waals surface area contributed by atoms with Gasteiger partial charge in [0.1, 0.15) is 17.3 Å². The van der Waals surface area contributed by atoms with Gasteiger partial charge in [0, 0.05) is 11.9 Å². The van der Waals surface area contributed by atoms with Gasteiger partial charge in [-0.05, 0) is 40.6 Å². The lowest BCUT2D eigenvalue weighted by Crippen LogP contribution is -1.88. The van der Waals surface area contributed by atoms with Crippen molar-refractivity contribution in [3.63, 3.8) is 0 Å². The van der Waals surface area contributed by atoms with Gasteiger partial charge in [0.05, 0.1) is 0 Å². The normalized spacial score (nSPS) is 10.7. The number of benzene rings is 3. The van der Waals surface area contributed by atoms with Crippen molar-refractivity contribution in [1.29, 1.82) is 0 Å². The van der Waals surface area contributed by atoms with E-state index in [2.05, 4.69) is 0 Å². The van der Waals surface area contributed by atoms with Gasteiger partial charge in [-0.15, -0.1) is 11.6 Å². The Hall–Kier alpha value is -2.06. The summed E-state index contributed by atoms with van der Waals surface area (Å²) in [7, 11) is 0. The summed E-state index contributed by atoms with van der Waals surface area (Å²) in [6.07, 6.45) is 0. The Labute approximate surface area is 121 Å². The average Bonchev–Trinajstić information content (AvgIpc) is 2.46. The first-order valence-electron chi connectivity index (χ1n) is 6.27. The molecule has 0 unspecified atom stereocenters. The van der Waals surface area contributed by atoms with Crippen LogP contribution in [0.25, 0.3) is 10.8 Å². The van der Waals surface area contributed by atoms with Crippen LogP contribution < -0.4 is 4.74 Å². The van der Waals surface area contributed by atoms with E-state index in [1.807, 2.05) is 42.5 Å². The first-order valence-corrected chi connectivity index (χ1v) is 6.80. The third-order valence-corrected chi connectivity index (χ3v) is 3.35. The largest absolute Gasteiger partial charge is 0.457 e. The standard InChI is InChI=1S/C17H12ClFO/c18-11-12-7-15(19)10-17(8-12)20-16-6-5-13-3-1-2-4-14(13)9-16/h1-10H,11H2. The lowest BCUT2D eigenvalue weighted by molar-refractivity contribution is 0.477. The van der Waals surface area contributed by atoms with E-state index in [-0.39, 0.29) is 11.7 Å². The van der Waals surface area contributed by atoms with Crippen LogP contribution in [-0.4, -0.2) is 0 Å². The van der Waals surface area contributed by atoms with E-state index in [0.717, 1.165) is 10.8 Å². The van der Waals surface area contributed by atoms with Gasteiger partial charge >= 0.3 is 0 Å². The fraction of sp³-hybridized carbons (Fsp3) is 0.0588. The average molecular weight is 287 g/mol. The van der Waals surface area contributed by atoms with Crippen molar-refractivity contribution >= 4 is 22.4 Å². The number of ether oxygens (including phenoxy) is 1. The summed E-state index contributed by atoms with van der Waals surface area (Å²) in [5.74, 6) is 1.04. The molecule has 0 saturated heterocycles. The Kier molecular flexibility index (Phi) is 3.57. The first-order chi connectivity index (χ1) is 9.74. The zero-order valence-electron chi connectivity index (χ0n) is 10.6. The van der Waals surface area contributed by atoms with Crippen LogP contribution in [0.3, 0.4) is 0 Å². The van der Waals surface area contributed by atoms with E-state index in [0.29, 0.717) is 17.1 Å². The van der Waals surface area contributed by atoms with Gasteiger partial charge in [-0.3, -0.25) is 0 Å². The zero-order valence-corrected chi connectivity index (χ0v) is 11.4. The molecule has 0 aliphatic heterocycles. The second kappa shape index (κ2) is 5.51. The van der Waals surface area contributed by atoms with Gasteiger partial charge in [0.2, 0.25) is 0 Å². The van der Waals surface area contributed by atoms with E-state index in [1.54, 1.807) is 6.07 Å². The molecule has 0 fully saturated rings. The van der Waals surface area contributed by atoms with Crippen molar-refractivity contribution in [2.24, 2.45) is 0 Å². The van der Waals surface area contributed by atoms with Gasteiger partial charge in [0.25, 0.3) is 0 Å². The van der Waals surface area contributed by atoms with Gasteiger partial charge in [-0.1, -0.05) is 30.3 Å². The van der Waals surface area contributed by atoms with Crippen LogP contribution >= 0.6 is 11.6 Å². The Morgan fingerprint density at radius 1 is 0.850 bits per heavy atom. The van der Waals surface area contributed by atoms with E-state index < -0.39 is 0 Å². The maximum atomic E-state index is 13.4. The SMILES string of the molecule is Fc1cc(CCl)cc(Oc2ccc3ccccc3c2)c1. The molecule has 0 spiro atoms. The molecular weight excluding hydrogens is 275 g/mol. The minimum atomic E-state index is -0.348. The third-order valence-electron chi connectivity index (χ3n) is 3.04. The zero-order chi connectivity index (χ0) is 13.9. The molecule has 1 nitrogen and oxygen atoms in total. The second-order valence-electron chi connectivity index (χ2n) is 4.54. The molecular formula is C17H12ClFO. The summed E-state index contributed by atoms with van der Waals surface area (Å²) in [4.78, 5) is 0. The molecule has 0 amide bonds. The third kappa shape index (κ3) is 2.75. The number of fused-ring (bicyclic) bond motifs is 1. The Bertz CT molecular complexity index is 755. The van der Waals surface area contributed by atoms with Crippen molar-refractivity contribution in [1.82, 2.24) is 0 Å². The van der Waals surface area contributed by atoms with Crippen molar-refractivity contribution in [2.45, 2.75) is 5.88 Å². The topological polar surface area (TPSA) is 9.23 Å². The Morgan fingerprint density at radius 3 is 2.45 bits per heavy atom. The molecule has 3 aromatic rings. The fourth-order valence-corrected chi connectivity index (χ4v) is 2.28. The molecule has 3 rings (SSSR count). The highest BCUT2D eigenvalue weighted by molar-refractivity contribution is 6.17. The Morgan fingerprint density at radius 2 is 1.65 bits per heavy atom. The van der Waals surface area contributed by atoms with E-state index in [1.165, 1.54) is 12.1 Å². The summed E-state index contributed by atoms with van der Waals surface area (Å²) < 4.78 is 19.1.